The third-order valence-corrected chi connectivity index (χ3v) is 5.02. The summed E-state index contributed by atoms with van der Waals surface area (Å²) in [6, 6.07) is 12.5. The first-order valence-corrected chi connectivity index (χ1v) is 10.1. The largest absolute Gasteiger partial charge is 0.497 e. The van der Waals surface area contributed by atoms with E-state index < -0.39 is 6.04 Å². The van der Waals surface area contributed by atoms with Crippen molar-refractivity contribution in [3.05, 3.63) is 59.2 Å². The summed E-state index contributed by atoms with van der Waals surface area (Å²) in [4.78, 5) is 27.2. The summed E-state index contributed by atoms with van der Waals surface area (Å²) < 4.78 is 11.0. The Morgan fingerprint density at radius 2 is 1.70 bits per heavy atom. The predicted octanol–water partition coefficient (Wildman–Crippen LogP) is 3.63. The molecule has 2 aromatic rings. The molecule has 162 valence electrons. The van der Waals surface area contributed by atoms with Crippen molar-refractivity contribution in [3.8, 4) is 11.5 Å². The second-order valence-electron chi connectivity index (χ2n) is 7.70. The van der Waals surface area contributed by atoms with Crippen LogP contribution in [0.2, 0.25) is 0 Å². The highest BCUT2D eigenvalue weighted by atomic mass is 16.5. The van der Waals surface area contributed by atoms with Gasteiger partial charge in [-0.2, -0.15) is 0 Å². The Balaban J connectivity index is 2.18. The van der Waals surface area contributed by atoms with Gasteiger partial charge in [0.1, 0.15) is 17.5 Å². The molecule has 0 bridgehead atoms. The minimum atomic E-state index is -0.635. The Bertz CT molecular complexity index is 862. The summed E-state index contributed by atoms with van der Waals surface area (Å²) in [5.41, 5.74) is 3.00. The van der Waals surface area contributed by atoms with Gasteiger partial charge in [0.15, 0.2) is 6.61 Å². The fourth-order valence-electron chi connectivity index (χ4n) is 3.02. The fourth-order valence-corrected chi connectivity index (χ4v) is 3.02. The number of ether oxygens (including phenoxy) is 2. The Morgan fingerprint density at radius 3 is 2.30 bits per heavy atom. The van der Waals surface area contributed by atoms with E-state index in [0.29, 0.717) is 12.3 Å². The van der Waals surface area contributed by atoms with Gasteiger partial charge in [0.2, 0.25) is 5.91 Å². The van der Waals surface area contributed by atoms with E-state index in [4.69, 9.17) is 9.47 Å². The summed E-state index contributed by atoms with van der Waals surface area (Å²) in [6.45, 7) is 9.64. The first kappa shape index (κ1) is 23.3. The molecule has 6 heteroatoms. The smallest absolute Gasteiger partial charge is 0.261 e. The third kappa shape index (κ3) is 6.24. The molecule has 0 heterocycles. The van der Waals surface area contributed by atoms with Gasteiger partial charge in [-0.25, -0.2) is 0 Å². The van der Waals surface area contributed by atoms with Crippen molar-refractivity contribution < 1.29 is 19.1 Å². The first-order chi connectivity index (χ1) is 14.2. The molecular weight excluding hydrogens is 380 g/mol. The predicted molar refractivity (Wildman–Crippen MR) is 118 cm³/mol. The highest BCUT2D eigenvalue weighted by Gasteiger charge is 2.27. The van der Waals surface area contributed by atoms with Gasteiger partial charge in [-0.3, -0.25) is 9.59 Å². The van der Waals surface area contributed by atoms with Gasteiger partial charge in [0.05, 0.1) is 7.11 Å². The molecule has 0 saturated carbocycles. The average molecular weight is 413 g/mol. The molecule has 1 atom stereocenters. The van der Waals surface area contributed by atoms with Gasteiger partial charge < -0.3 is 19.7 Å². The molecule has 0 saturated heterocycles. The lowest BCUT2D eigenvalue weighted by atomic mass is 10.1. The van der Waals surface area contributed by atoms with Crippen LogP contribution in [0.5, 0.6) is 11.5 Å². The molecule has 30 heavy (non-hydrogen) atoms. The Kier molecular flexibility index (Phi) is 8.27. The molecule has 2 rings (SSSR count). The maximum atomic E-state index is 13.1. The van der Waals surface area contributed by atoms with Crippen molar-refractivity contribution in [1.82, 2.24) is 10.2 Å². The van der Waals surface area contributed by atoms with E-state index in [0.717, 1.165) is 22.4 Å². The molecule has 0 aliphatic heterocycles. The van der Waals surface area contributed by atoms with Gasteiger partial charge in [-0.1, -0.05) is 24.3 Å². The minimum absolute atomic E-state index is 0.0101. The number of nitrogens with one attached hydrogen (secondary N) is 1. The van der Waals surface area contributed by atoms with E-state index >= 15 is 0 Å². The van der Waals surface area contributed by atoms with Crippen LogP contribution in [0.25, 0.3) is 0 Å². The van der Waals surface area contributed by atoms with E-state index in [1.165, 1.54) is 0 Å². The molecule has 0 radical (unpaired) electrons. The van der Waals surface area contributed by atoms with Crippen molar-refractivity contribution in [3.63, 3.8) is 0 Å². The Labute approximate surface area is 179 Å². The van der Waals surface area contributed by atoms with Crippen LogP contribution < -0.4 is 14.8 Å². The van der Waals surface area contributed by atoms with Gasteiger partial charge in [-0.15, -0.1) is 0 Å². The fraction of sp³-hybridized carbons (Fsp3) is 0.417. The number of amides is 2. The van der Waals surface area contributed by atoms with E-state index in [1.807, 2.05) is 70.2 Å². The summed E-state index contributed by atoms with van der Waals surface area (Å²) in [5.74, 6) is 0.962. The third-order valence-electron chi connectivity index (χ3n) is 5.02. The molecule has 2 amide bonds. The molecule has 0 fully saturated rings. The normalized spacial score (nSPS) is 11.7. The lowest BCUT2D eigenvalue weighted by molar-refractivity contribution is -0.142. The zero-order chi connectivity index (χ0) is 22.3. The number of carbonyl (C=O) groups excluding carboxylic acids is 2. The molecule has 6 nitrogen and oxygen atoms in total. The van der Waals surface area contributed by atoms with Gasteiger partial charge in [0.25, 0.3) is 5.91 Å². The highest BCUT2D eigenvalue weighted by Crippen LogP contribution is 2.21. The molecule has 0 aliphatic carbocycles. The van der Waals surface area contributed by atoms with Crippen LogP contribution in [-0.2, 0) is 16.1 Å². The maximum absolute atomic E-state index is 13.1. The quantitative estimate of drug-likeness (QED) is 0.683. The Hall–Kier alpha value is -3.02. The van der Waals surface area contributed by atoms with E-state index in [9.17, 15) is 9.59 Å². The lowest BCUT2D eigenvalue weighted by Crippen LogP contribution is -2.50. The number of methoxy groups -OCH3 is 1. The van der Waals surface area contributed by atoms with Crippen molar-refractivity contribution >= 4 is 11.8 Å². The average Bonchev–Trinajstić information content (AvgIpc) is 2.72. The van der Waals surface area contributed by atoms with Crippen LogP contribution >= 0.6 is 0 Å². The second kappa shape index (κ2) is 10.7. The number of benzene rings is 2. The van der Waals surface area contributed by atoms with Crippen molar-refractivity contribution in [2.24, 2.45) is 0 Å². The number of nitrogens with zero attached hydrogens (tertiary/aromatic N) is 1. The monoisotopic (exact) mass is 412 g/mol. The van der Waals surface area contributed by atoms with E-state index in [1.54, 1.807) is 18.9 Å². The van der Waals surface area contributed by atoms with Crippen LogP contribution in [0, 0.1) is 13.8 Å². The molecular formula is C24H32N2O4. The van der Waals surface area contributed by atoms with E-state index in [-0.39, 0.29) is 24.5 Å². The molecule has 1 unspecified atom stereocenters. The van der Waals surface area contributed by atoms with Crippen molar-refractivity contribution in [2.75, 3.05) is 13.7 Å². The summed E-state index contributed by atoms with van der Waals surface area (Å²) in [7, 11) is 1.60. The number of hydrogen-bond donors (Lipinski definition) is 1. The van der Waals surface area contributed by atoms with Crippen LogP contribution in [0.1, 0.15) is 37.5 Å². The standard InChI is InChI=1S/C24H32N2O4/c1-16(2)25-24(28)19(5)26(14-20-10-12-21(29-6)13-11-20)23(27)15-30-22-9-7-8-17(3)18(22)4/h7-13,16,19H,14-15H2,1-6H3,(H,25,28). The van der Waals surface area contributed by atoms with Crippen LogP contribution in [0.4, 0.5) is 0 Å². The van der Waals surface area contributed by atoms with Crippen LogP contribution in [0.3, 0.4) is 0 Å². The lowest BCUT2D eigenvalue weighted by Gasteiger charge is -2.29. The molecule has 1 N–H and O–H groups in total. The number of hydrogen-bond acceptors (Lipinski definition) is 4. The highest BCUT2D eigenvalue weighted by molar-refractivity contribution is 5.88. The maximum Gasteiger partial charge on any atom is 0.261 e. The Morgan fingerprint density at radius 1 is 1.03 bits per heavy atom. The first-order valence-electron chi connectivity index (χ1n) is 10.1. The second-order valence-corrected chi connectivity index (χ2v) is 7.70. The van der Waals surface area contributed by atoms with Crippen molar-refractivity contribution in [1.29, 1.82) is 0 Å². The SMILES string of the molecule is COc1ccc(CN(C(=O)COc2cccc(C)c2C)C(C)C(=O)NC(C)C)cc1. The van der Waals surface area contributed by atoms with Gasteiger partial charge >= 0.3 is 0 Å². The minimum Gasteiger partial charge on any atom is -0.497 e. The molecule has 2 aromatic carbocycles. The topological polar surface area (TPSA) is 67.9 Å². The number of aryl methyl sites for hydroxylation is 1. The zero-order valence-corrected chi connectivity index (χ0v) is 18.7. The zero-order valence-electron chi connectivity index (χ0n) is 18.7. The number of rotatable bonds is 9. The van der Waals surface area contributed by atoms with Crippen LogP contribution in [-0.4, -0.2) is 42.5 Å². The summed E-state index contributed by atoms with van der Waals surface area (Å²) in [5, 5.41) is 2.88. The van der Waals surface area contributed by atoms with Gasteiger partial charge in [-0.05, 0) is 69.5 Å². The summed E-state index contributed by atoms with van der Waals surface area (Å²) >= 11 is 0. The van der Waals surface area contributed by atoms with Crippen LogP contribution in [0.15, 0.2) is 42.5 Å². The summed E-state index contributed by atoms with van der Waals surface area (Å²) in [6.07, 6.45) is 0. The molecule has 0 aromatic heterocycles. The molecule has 0 aliphatic rings. The molecule has 0 spiro atoms. The number of carbonyl (C=O) groups is 2. The van der Waals surface area contributed by atoms with E-state index in [2.05, 4.69) is 5.32 Å². The van der Waals surface area contributed by atoms with Crippen molar-refractivity contribution in [2.45, 2.75) is 53.2 Å². The van der Waals surface area contributed by atoms with Gasteiger partial charge in [0, 0.05) is 12.6 Å².